The lowest BCUT2D eigenvalue weighted by atomic mass is 10.2. The van der Waals surface area contributed by atoms with E-state index in [0.29, 0.717) is 11.3 Å². The van der Waals surface area contributed by atoms with Crippen molar-refractivity contribution in [3.8, 4) is 11.3 Å². The van der Waals surface area contributed by atoms with Crippen LogP contribution in [-0.2, 0) is 13.1 Å². The number of hydrogen-bond donors (Lipinski definition) is 0. The molecule has 0 aromatic carbocycles. The molecule has 0 fully saturated rings. The molecule has 0 amide bonds. The summed E-state index contributed by atoms with van der Waals surface area (Å²) in [5, 5.41) is 0. The van der Waals surface area contributed by atoms with E-state index in [4.69, 9.17) is 0 Å². The minimum absolute atomic E-state index is 0.462. The number of hydrogen-bond acceptors (Lipinski definition) is 3. The lowest BCUT2D eigenvalue weighted by Crippen LogP contribution is -2.30. The first kappa shape index (κ1) is 10.4. The molecule has 1 aliphatic heterocycles. The minimum Gasteiger partial charge on any atom is -0.332 e. The van der Waals surface area contributed by atoms with Crippen molar-refractivity contribution in [2.24, 2.45) is 0 Å². The number of aromatic nitrogens is 3. The van der Waals surface area contributed by atoms with Gasteiger partial charge in [0.2, 0.25) is 5.95 Å². The van der Waals surface area contributed by atoms with Crippen molar-refractivity contribution < 1.29 is 4.39 Å². The maximum absolute atomic E-state index is 13.5. The van der Waals surface area contributed by atoms with Gasteiger partial charge >= 0.3 is 0 Å². The van der Waals surface area contributed by atoms with Crippen molar-refractivity contribution in [2.75, 3.05) is 13.6 Å². The number of nitrogens with zero attached hydrogens (tertiary/aromatic N) is 4. The number of imidazole rings is 1. The summed E-state index contributed by atoms with van der Waals surface area (Å²) < 4.78 is 15.6. The zero-order valence-electron chi connectivity index (χ0n) is 9.60. The molecule has 0 atom stereocenters. The Morgan fingerprint density at radius 2 is 2.24 bits per heavy atom. The van der Waals surface area contributed by atoms with Gasteiger partial charge in [-0.3, -0.25) is 4.90 Å². The highest BCUT2D eigenvalue weighted by Gasteiger charge is 2.17. The van der Waals surface area contributed by atoms with Gasteiger partial charge in [-0.15, -0.1) is 0 Å². The molecule has 0 aliphatic carbocycles. The first-order chi connectivity index (χ1) is 8.24. The predicted molar refractivity (Wildman–Crippen MR) is 61.8 cm³/mol. The van der Waals surface area contributed by atoms with Gasteiger partial charge in [0.1, 0.15) is 5.82 Å². The van der Waals surface area contributed by atoms with Crippen LogP contribution in [0.2, 0.25) is 0 Å². The van der Waals surface area contributed by atoms with Crippen LogP contribution in [-0.4, -0.2) is 33.0 Å². The Bertz CT molecular complexity index is 549. The fourth-order valence-corrected chi connectivity index (χ4v) is 2.08. The lowest BCUT2D eigenvalue weighted by molar-refractivity contribution is 0.264. The molecular weight excluding hydrogens is 219 g/mol. The summed E-state index contributed by atoms with van der Waals surface area (Å²) in [7, 11) is 2.06. The van der Waals surface area contributed by atoms with Crippen molar-refractivity contribution in [1.82, 2.24) is 19.4 Å². The summed E-state index contributed by atoms with van der Waals surface area (Å²) in [5.41, 5.74) is 1.14. The molecule has 0 saturated heterocycles. The molecule has 0 bridgehead atoms. The molecule has 0 radical (unpaired) electrons. The topological polar surface area (TPSA) is 34.0 Å². The van der Waals surface area contributed by atoms with Gasteiger partial charge in [0, 0.05) is 25.5 Å². The summed E-state index contributed by atoms with van der Waals surface area (Å²) in [4.78, 5) is 10.3. The largest absolute Gasteiger partial charge is 0.332 e. The monoisotopic (exact) mass is 232 g/mol. The van der Waals surface area contributed by atoms with E-state index in [1.807, 2.05) is 6.20 Å². The van der Waals surface area contributed by atoms with Crippen LogP contribution in [0.1, 0.15) is 5.82 Å². The summed E-state index contributed by atoms with van der Waals surface area (Å²) in [6.45, 7) is 2.71. The number of likely N-dealkylation sites (N-methyl/N-ethyl adjacent to an activating group) is 1. The second-order valence-corrected chi connectivity index (χ2v) is 4.32. The first-order valence-corrected chi connectivity index (χ1v) is 5.59. The third-order valence-corrected chi connectivity index (χ3v) is 3.03. The molecule has 17 heavy (non-hydrogen) atoms. The Balaban J connectivity index is 2.03. The van der Waals surface area contributed by atoms with E-state index in [9.17, 15) is 4.39 Å². The molecule has 0 saturated carbocycles. The van der Waals surface area contributed by atoms with Gasteiger partial charge in [-0.2, -0.15) is 4.39 Å². The van der Waals surface area contributed by atoms with Gasteiger partial charge in [0.05, 0.1) is 17.8 Å². The average Bonchev–Trinajstić information content (AvgIpc) is 2.72. The maximum atomic E-state index is 13.5. The molecular formula is C12H13FN4. The Kier molecular flexibility index (Phi) is 2.40. The molecule has 3 heterocycles. The molecule has 2 aromatic heterocycles. The van der Waals surface area contributed by atoms with E-state index in [2.05, 4.69) is 26.5 Å². The van der Waals surface area contributed by atoms with Crippen LogP contribution in [0.3, 0.4) is 0 Å². The van der Waals surface area contributed by atoms with Crippen LogP contribution in [0.5, 0.6) is 0 Å². The number of rotatable bonds is 1. The molecule has 0 spiro atoms. The second-order valence-electron chi connectivity index (χ2n) is 4.32. The first-order valence-electron chi connectivity index (χ1n) is 5.59. The number of halogens is 1. The highest BCUT2D eigenvalue weighted by Crippen LogP contribution is 2.22. The Morgan fingerprint density at radius 1 is 1.35 bits per heavy atom. The number of pyridine rings is 1. The maximum Gasteiger partial charge on any atom is 0.222 e. The standard InChI is InChI=1S/C12H13FN4/c1-16-5-6-17-7-10(15-11(17)8-16)9-3-2-4-14-12(9)13/h2-4,7H,5-6,8H2,1H3. The highest BCUT2D eigenvalue weighted by molar-refractivity contribution is 5.57. The Labute approximate surface area is 98.7 Å². The molecule has 1 aliphatic rings. The third-order valence-electron chi connectivity index (χ3n) is 3.03. The minimum atomic E-state index is -0.462. The van der Waals surface area contributed by atoms with Gasteiger partial charge in [-0.1, -0.05) is 0 Å². The number of fused-ring (bicyclic) bond motifs is 1. The fraction of sp³-hybridized carbons (Fsp3) is 0.333. The molecule has 88 valence electrons. The average molecular weight is 232 g/mol. The van der Waals surface area contributed by atoms with Crippen molar-refractivity contribution in [2.45, 2.75) is 13.1 Å². The van der Waals surface area contributed by atoms with E-state index in [1.165, 1.54) is 6.20 Å². The molecule has 0 N–H and O–H groups in total. The van der Waals surface area contributed by atoms with Crippen molar-refractivity contribution in [3.05, 3.63) is 36.3 Å². The zero-order valence-corrected chi connectivity index (χ0v) is 9.60. The quantitative estimate of drug-likeness (QED) is 0.699. The second kappa shape index (κ2) is 3.92. The third kappa shape index (κ3) is 1.82. The summed E-state index contributed by atoms with van der Waals surface area (Å²) >= 11 is 0. The molecule has 0 unspecified atom stereocenters. The van der Waals surface area contributed by atoms with Crippen molar-refractivity contribution in [1.29, 1.82) is 0 Å². The van der Waals surface area contributed by atoms with E-state index in [0.717, 1.165) is 25.5 Å². The van der Waals surface area contributed by atoms with Gasteiger partial charge < -0.3 is 4.57 Å². The van der Waals surface area contributed by atoms with Gasteiger partial charge in [0.15, 0.2) is 0 Å². The van der Waals surface area contributed by atoms with Crippen LogP contribution in [0.25, 0.3) is 11.3 Å². The SMILES string of the molecule is CN1CCn2cc(-c3cccnc3F)nc2C1. The van der Waals surface area contributed by atoms with Crippen LogP contribution in [0.15, 0.2) is 24.5 Å². The van der Waals surface area contributed by atoms with Gasteiger partial charge in [-0.25, -0.2) is 9.97 Å². The highest BCUT2D eigenvalue weighted by atomic mass is 19.1. The summed E-state index contributed by atoms with van der Waals surface area (Å²) in [5.74, 6) is 0.522. The van der Waals surface area contributed by atoms with Crippen molar-refractivity contribution >= 4 is 0 Å². The van der Waals surface area contributed by atoms with Crippen LogP contribution >= 0.6 is 0 Å². The van der Waals surface area contributed by atoms with Crippen LogP contribution in [0, 0.1) is 5.95 Å². The Morgan fingerprint density at radius 3 is 3.06 bits per heavy atom. The van der Waals surface area contributed by atoms with E-state index in [-0.39, 0.29) is 0 Å². The van der Waals surface area contributed by atoms with Gasteiger partial charge in [-0.05, 0) is 19.2 Å². The summed E-state index contributed by atoms with van der Waals surface area (Å²) in [6.07, 6.45) is 3.35. The molecule has 5 heteroatoms. The lowest BCUT2D eigenvalue weighted by Gasteiger charge is -2.22. The summed E-state index contributed by atoms with van der Waals surface area (Å²) in [6, 6.07) is 3.43. The Hall–Kier alpha value is -1.75. The van der Waals surface area contributed by atoms with Crippen LogP contribution in [0.4, 0.5) is 4.39 Å². The van der Waals surface area contributed by atoms with Gasteiger partial charge in [0.25, 0.3) is 0 Å². The van der Waals surface area contributed by atoms with E-state index < -0.39 is 5.95 Å². The molecule has 2 aromatic rings. The predicted octanol–water partition coefficient (Wildman–Crippen LogP) is 1.53. The normalized spacial score (nSPS) is 15.9. The van der Waals surface area contributed by atoms with E-state index >= 15 is 0 Å². The molecule has 4 nitrogen and oxygen atoms in total. The smallest absolute Gasteiger partial charge is 0.222 e. The fourth-order valence-electron chi connectivity index (χ4n) is 2.08. The van der Waals surface area contributed by atoms with E-state index in [1.54, 1.807) is 12.1 Å². The van der Waals surface area contributed by atoms with Crippen LogP contribution < -0.4 is 0 Å². The molecule has 3 rings (SSSR count). The van der Waals surface area contributed by atoms with Crippen molar-refractivity contribution in [3.63, 3.8) is 0 Å². The zero-order chi connectivity index (χ0) is 11.8.